The third kappa shape index (κ3) is 8.18. The standard InChI is InChI=1S/C29H34IN3O5S/c1-21(2)18-31-29(35)22(3)32(19-23-9-8-10-26(17-23)38-4)28(34)20-33(25-15-13-24(30)14-16-25)39(36,37)27-11-6-5-7-12-27/h5-17,21-22H,18-20H2,1-4H3,(H,31,35)/t22-/m0/s1. The largest absolute Gasteiger partial charge is 0.497 e. The van der Waals surface area contributed by atoms with Crippen LogP contribution in [0.25, 0.3) is 0 Å². The second-order valence-electron chi connectivity index (χ2n) is 9.49. The quantitative estimate of drug-likeness (QED) is 0.284. The third-order valence-electron chi connectivity index (χ3n) is 6.06. The summed E-state index contributed by atoms with van der Waals surface area (Å²) in [6.07, 6.45) is 0. The van der Waals surface area contributed by atoms with Crippen molar-refractivity contribution in [2.24, 2.45) is 5.92 Å². The first kappa shape index (κ1) is 30.4. The molecule has 3 aromatic rings. The molecule has 1 N–H and O–H groups in total. The first-order valence-corrected chi connectivity index (χ1v) is 15.1. The van der Waals surface area contributed by atoms with Crippen LogP contribution in [0.5, 0.6) is 5.75 Å². The Balaban J connectivity index is 2.00. The normalized spacial score (nSPS) is 12.1. The van der Waals surface area contributed by atoms with E-state index in [0.717, 1.165) is 13.4 Å². The second-order valence-corrected chi connectivity index (χ2v) is 12.6. The Hall–Kier alpha value is -3.12. The molecule has 0 fully saturated rings. The van der Waals surface area contributed by atoms with Crippen LogP contribution in [-0.4, -0.2) is 51.4 Å². The molecule has 10 heteroatoms. The van der Waals surface area contributed by atoms with Gasteiger partial charge in [-0.25, -0.2) is 8.42 Å². The number of hydrogen-bond donors (Lipinski definition) is 1. The van der Waals surface area contributed by atoms with Gasteiger partial charge in [0.15, 0.2) is 0 Å². The zero-order chi connectivity index (χ0) is 28.6. The van der Waals surface area contributed by atoms with Crippen molar-refractivity contribution in [2.45, 2.75) is 38.3 Å². The van der Waals surface area contributed by atoms with Gasteiger partial charge in [-0.05, 0) is 89.5 Å². The fourth-order valence-corrected chi connectivity index (χ4v) is 5.65. The summed E-state index contributed by atoms with van der Waals surface area (Å²) in [6.45, 7) is 5.69. The Kier molecular flexibility index (Phi) is 10.8. The summed E-state index contributed by atoms with van der Waals surface area (Å²) in [5.74, 6) is 0.0230. The topological polar surface area (TPSA) is 96.0 Å². The summed E-state index contributed by atoms with van der Waals surface area (Å²) in [7, 11) is -2.53. The number of amides is 2. The van der Waals surface area contributed by atoms with E-state index in [1.54, 1.807) is 74.7 Å². The fourth-order valence-electron chi connectivity index (χ4n) is 3.86. The molecule has 0 spiro atoms. The summed E-state index contributed by atoms with van der Waals surface area (Å²) in [6, 6.07) is 21.3. The zero-order valence-corrected chi connectivity index (χ0v) is 25.5. The monoisotopic (exact) mass is 663 g/mol. The van der Waals surface area contributed by atoms with E-state index in [9.17, 15) is 18.0 Å². The predicted molar refractivity (Wildman–Crippen MR) is 161 cm³/mol. The number of halogens is 1. The summed E-state index contributed by atoms with van der Waals surface area (Å²) in [5, 5.41) is 2.88. The summed E-state index contributed by atoms with van der Waals surface area (Å²) in [5.41, 5.74) is 1.10. The average Bonchev–Trinajstić information content (AvgIpc) is 2.93. The first-order chi connectivity index (χ1) is 18.5. The lowest BCUT2D eigenvalue weighted by Gasteiger charge is -2.32. The summed E-state index contributed by atoms with van der Waals surface area (Å²) < 4.78 is 34.9. The number of nitrogens with one attached hydrogen (secondary N) is 1. The Morgan fingerprint density at radius 3 is 2.23 bits per heavy atom. The lowest BCUT2D eigenvalue weighted by molar-refractivity contribution is -0.139. The van der Waals surface area contributed by atoms with Crippen molar-refractivity contribution in [2.75, 3.05) is 24.5 Å². The van der Waals surface area contributed by atoms with Crippen molar-refractivity contribution in [3.63, 3.8) is 0 Å². The molecule has 0 saturated carbocycles. The van der Waals surface area contributed by atoms with E-state index in [-0.39, 0.29) is 23.3 Å². The van der Waals surface area contributed by atoms with Gasteiger partial charge in [0.2, 0.25) is 11.8 Å². The molecular weight excluding hydrogens is 629 g/mol. The minimum atomic E-state index is -4.08. The SMILES string of the molecule is COc1cccc(CN(C(=O)CN(c2ccc(I)cc2)S(=O)(=O)c2ccccc2)[C@@H](C)C(=O)NCC(C)C)c1. The molecule has 39 heavy (non-hydrogen) atoms. The summed E-state index contributed by atoms with van der Waals surface area (Å²) in [4.78, 5) is 28.5. The van der Waals surface area contributed by atoms with E-state index >= 15 is 0 Å². The number of benzene rings is 3. The van der Waals surface area contributed by atoms with Gasteiger partial charge in [0, 0.05) is 16.7 Å². The highest BCUT2D eigenvalue weighted by Crippen LogP contribution is 2.25. The fraction of sp³-hybridized carbons (Fsp3) is 0.310. The molecule has 2 amide bonds. The van der Waals surface area contributed by atoms with Crippen LogP contribution in [0.15, 0.2) is 83.8 Å². The lowest BCUT2D eigenvalue weighted by atomic mass is 10.1. The van der Waals surface area contributed by atoms with Gasteiger partial charge in [0.25, 0.3) is 10.0 Å². The van der Waals surface area contributed by atoms with Gasteiger partial charge < -0.3 is 15.0 Å². The third-order valence-corrected chi connectivity index (χ3v) is 8.57. The molecule has 0 aliphatic rings. The molecule has 208 valence electrons. The van der Waals surface area contributed by atoms with Crippen LogP contribution in [-0.2, 0) is 26.2 Å². The number of carbonyl (C=O) groups excluding carboxylic acids is 2. The molecule has 1 atom stereocenters. The van der Waals surface area contributed by atoms with Crippen LogP contribution in [0.1, 0.15) is 26.3 Å². The highest BCUT2D eigenvalue weighted by atomic mass is 127. The highest BCUT2D eigenvalue weighted by molar-refractivity contribution is 14.1. The van der Waals surface area contributed by atoms with E-state index in [2.05, 4.69) is 27.9 Å². The second kappa shape index (κ2) is 13.8. The number of ether oxygens (including phenoxy) is 1. The highest BCUT2D eigenvalue weighted by Gasteiger charge is 2.32. The van der Waals surface area contributed by atoms with Crippen LogP contribution >= 0.6 is 22.6 Å². The van der Waals surface area contributed by atoms with Crippen LogP contribution in [0.4, 0.5) is 5.69 Å². The number of anilines is 1. The van der Waals surface area contributed by atoms with Crippen LogP contribution in [0, 0.1) is 9.49 Å². The number of rotatable bonds is 12. The molecule has 3 rings (SSSR count). The molecule has 0 aliphatic heterocycles. The molecule has 0 unspecified atom stereocenters. The van der Waals surface area contributed by atoms with Gasteiger partial charge in [-0.15, -0.1) is 0 Å². The van der Waals surface area contributed by atoms with Gasteiger partial charge >= 0.3 is 0 Å². The number of carbonyl (C=O) groups is 2. The Morgan fingerprint density at radius 1 is 0.949 bits per heavy atom. The van der Waals surface area contributed by atoms with E-state index in [1.165, 1.54) is 17.0 Å². The number of nitrogens with zero attached hydrogens (tertiary/aromatic N) is 2. The van der Waals surface area contributed by atoms with Crippen molar-refractivity contribution in [3.8, 4) is 5.75 Å². The maximum atomic E-state index is 13.9. The minimum Gasteiger partial charge on any atom is -0.497 e. The maximum Gasteiger partial charge on any atom is 0.264 e. The smallest absolute Gasteiger partial charge is 0.264 e. The van der Waals surface area contributed by atoms with Gasteiger partial charge in [-0.2, -0.15) is 0 Å². The molecule has 0 saturated heterocycles. The Bertz CT molecular complexity index is 1370. The van der Waals surface area contributed by atoms with Gasteiger partial charge in [-0.1, -0.05) is 44.2 Å². The molecule has 0 aromatic heterocycles. The molecular formula is C29H34IN3O5S. The van der Waals surface area contributed by atoms with Crippen LogP contribution in [0.2, 0.25) is 0 Å². The summed E-state index contributed by atoms with van der Waals surface area (Å²) >= 11 is 2.14. The number of sulfonamides is 1. The zero-order valence-electron chi connectivity index (χ0n) is 22.5. The Labute approximate surface area is 244 Å². The predicted octanol–water partition coefficient (Wildman–Crippen LogP) is 4.68. The van der Waals surface area contributed by atoms with Crippen molar-refractivity contribution in [3.05, 3.63) is 88.0 Å². The van der Waals surface area contributed by atoms with Gasteiger partial charge in [0.05, 0.1) is 17.7 Å². The molecule has 0 radical (unpaired) electrons. The minimum absolute atomic E-state index is 0.0680. The van der Waals surface area contributed by atoms with E-state index < -0.39 is 28.5 Å². The Morgan fingerprint density at radius 2 is 1.62 bits per heavy atom. The molecule has 0 bridgehead atoms. The lowest BCUT2D eigenvalue weighted by Crippen LogP contribution is -2.51. The van der Waals surface area contributed by atoms with E-state index in [1.807, 2.05) is 19.9 Å². The number of hydrogen-bond acceptors (Lipinski definition) is 5. The van der Waals surface area contributed by atoms with E-state index in [4.69, 9.17) is 4.74 Å². The van der Waals surface area contributed by atoms with E-state index in [0.29, 0.717) is 18.0 Å². The molecule has 3 aromatic carbocycles. The van der Waals surface area contributed by atoms with Crippen molar-refractivity contribution in [1.82, 2.24) is 10.2 Å². The van der Waals surface area contributed by atoms with Crippen molar-refractivity contribution in [1.29, 1.82) is 0 Å². The average molecular weight is 664 g/mol. The van der Waals surface area contributed by atoms with Gasteiger partial charge in [-0.3, -0.25) is 13.9 Å². The van der Waals surface area contributed by atoms with Crippen molar-refractivity contribution >= 4 is 50.1 Å². The molecule has 0 aliphatic carbocycles. The number of methoxy groups -OCH3 is 1. The van der Waals surface area contributed by atoms with Crippen LogP contribution in [0.3, 0.4) is 0 Å². The molecule has 8 nitrogen and oxygen atoms in total. The van der Waals surface area contributed by atoms with Gasteiger partial charge in [0.1, 0.15) is 18.3 Å². The first-order valence-electron chi connectivity index (χ1n) is 12.6. The maximum absolute atomic E-state index is 13.9. The molecule has 0 heterocycles. The van der Waals surface area contributed by atoms with Crippen LogP contribution < -0.4 is 14.4 Å². The van der Waals surface area contributed by atoms with Crippen molar-refractivity contribution < 1.29 is 22.7 Å².